The van der Waals surface area contributed by atoms with Gasteiger partial charge in [-0.25, -0.2) is 4.98 Å². The lowest BCUT2D eigenvalue weighted by atomic mass is 10.1. The third-order valence-electron chi connectivity index (χ3n) is 4.01. The van der Waals surface area contributed by atoms with Crippen LogP contribution < -0.4 is 14.8 Å². The average Bonchev–Trinajstić information content (AvgIpc) is 2.68. The summed E-state index contributed by atoms with van der Waals surface area (Å²) in [5, 5.41) is 12.7. The van der Waals surface area contributed by atoms with Crippen LogP contribution >= 0.6 is 0 Å². The number of phenols is 1. The Bertz CT molecular complexity index is 955. The molecule has 1 aromatic heterocycles. The molecule has 6 heteroatoms. The summed E-state index contributed by atoms with van der Waals surface area (Å²) >= 11 is 0. The van der Waals surface area contributed by atoms with Crippen molar-refractivity contribution >= 4 is 5.91 Å². The Morgan fingerprint density at radius 2 is 1.82 bits per heavy atom. The Kier molecular flexibility index (Phi) is 6.11. The fourth-order valence-corrected chi connectivity index (χ4v) is 2.62. The molecule has 3 rings (SSSR count). The Morgan fingerprint density at radius 1 is 1.07 bits per heavy atom. The third kappa shape index (κ3) is 5.01. The zero-order valence-corrected chi connectivity index (χ0v) is 15.8. The first-order valence-corrected chi connectivity index (χ1v) is 8.98. The molecule has 0 aliphatic rings. The highest BCUT2D eigenvalue weighted by atomic mass is 16.5. The molecule has 0 atom stereocenters. The summed E-state index contributed by atoms with van der Waals surface area (Å²) in [6.45, 7) is 4.67. The highest BCUT2D eigenvalue weighted by molar-refractivity contribution is 5.96. The average molecular weight is 378 g/mol. The van der Waals surface area contributed by atoms with Gasteiger partial charge >= 0.3 is 0 Å². The van der Waals surface area contributed by atoms with Crippen molar-refractivity contribution in [2.24, 2.45) is 0 Å². The number of rotatable bonds is 7. The van der Waals surface area contributed by atoms with Gasteiger partial charge < -0.3 is 19.9 Å². The first-order chi connectivity index (χ1) is 13.5. The maximum Gasteiger partial charge on any atom is 0.255 e. The third-order valence-corrected chi connectivity index (χ3v) is 4.01. The summed E-state index contributed by atoms with van der Waals surface area (Å²) in [5.74, 6) is 1.46. The Labute approximate surface area is 163 Å². The van der Waals surface area contributed by atoms with Crippen LogP contribution in [0.2, 0.25) is 0 Å². The van der Waals surface area contributed by atoms with E-state index in [2.05, 4.69) is 10.3 Å². The summed E-state index contributed by atoms with van der Waals surface area (Å²) in [6, 6.07) is 15.8. The molecule has 2 N–H and O–H groups in total. The molecule has 144 valence electrons. The number of hydrogen-bond acceptors (Lipinski definition) is 5. The van der Waals surface area contributed by atoms with Crippen molar-refractivity contribution < 1.29 is 19.4 Å². The van der Waals surface area contributed by atoms with E-state index in [0.717, 1.165) is 16.9 Å². The van der Waals surface area contributed by atoms with Gasteiger partial charge in [0.2, 0.25) is 5.88 Å². The second kappa shape index (κ2) is 8.90. The van der Waals surface area contributed by atoms with Crippen LogP contribution in [0.15, 0.2) is 60.8 Å². The van der Waals surface area contributed by atoms with E-state index in [4.69, 9.17) is 9.47 Å². The maximum absolute atomic E-state index is 12.3. The number of nitrogens with one attached hydrogen (secondary N) is 1. The molecule has 3 aromatic rings. The van der Waals surface area contributed by atoms with Gasteiger partial charge in [0, 0.05) is 18.8 Å². The lowest BCUT2D eigenvalue weighted by molar-refractivity contribution is 0.0948. The van der Waals surface area contributed by atoms with Gasteiger partial charge in [-0.15, -0.1) is 0 Å². The highest BCUT2D eigenvalue weighted by Gasteiger charge is 2.11. The van der Waals surface area contributed by atoms with Crippen molar-refractivity contribution in [2.75, 3.05) is 6.61 Å². The highest BCUT2D eigenvalue weighted by Crippen LogP contribution is 2.23. The standard InChI is InChI=1S/C22H22N2O4/c1-3-27-17-5-7-18(8-6-17)28-21-13-16(10-11-23-21)14-24-22(26)19-9-4-15(2)12-20(19)25/h4-13,25H,3,14H2,1-2H3,(H,24,26). The minimum Gasteiger partial charge on any atom is -0.507 e. The SMILES string of the molecule is CCOc1ccc(Oc2cc(CNC(=O)c3ccc(C)cc3O)ccn2)cc1. The smallest absolute Gasteiger partial charge is 0.255 e. The number of phenolic OH excluding ortho intramolecular Hbond substituents is 1. The number of aryl methyl sites for hydroxylation is 1. The normalized spacial score (nSPS) is 10.4. The van der Waals surface area contributed by atoms with E-state index in [1.165, 1.54) is 0 Å². The minimum absolute atomic E-state index is 0.0354. The van der Waals surface area contributed by atoms with Gasteiger partial charge in [0.15, 0.2) is 0 Å². The molecule has 0 fully saturated rings. The molecular formula is C22H22N2O4. The number of carbonyl (C=O) groups is 1. The van der Waals surface area contributed by atoms with E-state index in [-0.39, 0.29) is 23.8 Å². The molecule has 0 saturated carbocycles. The van der Waals surface area contributed by atoms with Gasteiger partial charge in [-0.3, -0.25) is 4.79 Å². The lowest BCUT2D eigenvalue weighted by Crippen LogP contribution is -2.22. The van der Waals surface area contributed by atoms with Crippen molar-refractivity contribution in [3.8, 4) is 23.1 Å². The summed E-state index contributed by atoms with van der Waals surface area (Å²) in [4.78, 5) is 16.5. The second-order valence-electron chi connectivity index (χ2n) is 6.21. The van der Waals surface area contributed by atoms with Crippen LogP contribution in [0.4, 0.5) is 0 Å². The molecule has 2 aromatic carbocycles. The quantitative estimate of drug-likeness (QED) is 0.643. The van der Waals surface area contributed by atoms with E-state index < -0.39 is 0 Å². The van der Waals surface area contributed by atoms with Crippen molar-refractivity contribution in [3.05, 3.63) is 77.5 Å². The number of carbonyl (C=O) groups excluding carboxylic acids is 1. The first kappa shape index (κ1) is 19.2. The summed E-state index contributed by atoms with van der Waals surface area (Å²) < 4.78 is 11.2. The molecule has 0 spiro atoms. The lowest BCUT2D eigenvalue weighted by Gasteiger charge is -2.10. The fraction of sp³-hybridized carbons (Fsp3) is 0.182. The number of benzene rings is 2. The van der Waals surface area contributed by atoms with Crippen LogP contribution in [-0.4, -0.2) is 22.6 Å². The van der Waals surface area contributed by atoms with E-state index in [1.807, 2.05) is 26.0 Å². The van der Waals surface area contributed by atoms with E-state index in [0.29, 0.717) is 18.2 Å². The molecule has 0 radical (unpaired) electrons. The first-order valence-electron chi connectivity index (χ1n) is 8.98. The summed E-state index contributed by atoms with van der Waals surface area (Å²) in [5.41, 5.74) is 1.96. The van der Waals surface area contributed by atoms with E-state index in [9.17, 15) is 9.90 Å². The van der Waals surface area contributed by atoms with Crippen LogP contribution in [0.1, 0.15) is 28.4 Å². The molecule has 0 aliphatic heterocycles. The van der Waals surface area contributed by atoms with Crippen molar-refractivity contribution in [2.45, 2.75) is 20.4 Å². The number of nitrogens with zero attached hydrogens (tertiary/aromatic N) is 1. The molecule has 6 nitrogen and oxygen atoms in total. The monoisotopic (exact) mass is 378 g/mol. The van der Waals surface area contributed by atoms with Gasteiger partial charge in [-0.2, -0.15) is 0 Å². The van der Waals surface area contributed by atoms with Gasteiger partial charge in [0.1, 0.15) is 17.2 Å². The predicted octanol–water partition coefficient (Wildman–Crippen LogP) is 4.22. The van der Waals surface area contributed by atoms with Crippen LogP contribution in [0.25, 0.3) is 0 Å². The van der Waals surface area contributed by atoms with Crippen LogP contribution in [0.5, 0.6) is 23.1 Å². The number of hydrogen-bond donors (Lipinski definition) is 2. The molecule has 28 heavy (non-hydrogen) atoms. The molecule has 0 saturated heterocycles. The van der Waals surface area contributed by atoms with Crippen LogP contribution in [0, 0.1) is 6.92 Å². The van der Waals surface area contributed by atoms with Crippen molar-refractivity contribution in [1.29, 1.82) is 0 Å². The second-order valence-corrected chi connectivity index (χ2v) is 6.21. The molecule has 0 aliphatic carbocycles. The van der Waals surface area contributed by atoms with Crippen LogP contribution in [0.3, 0.4) is 0 Å². The Morgan fingerprint density at radius 3 is 2.54 bits per heavy atom. The molecule has 1 amide bonds. The molecule has 1 heterocycles. The largest absolute Gasteiger partial charge is 0.507 e. The number of aromatic hydroxyl groups is 1. The van der Waals surface area contributed by atoms with Gasteiger partial charge in [0.25, 0.3) is 5.91 Å². The van der Waals surface area contributed by atoms with Crippen LogP contribution in [-0.2, 0) is 6.54 Å². The van der Waals surface area contributed by atoms with E-state index >= 15 is 0 Å². The Balaban J connectivity index is 1.62. The van der Waals surface area contributed by atoms with Gasteiger partial charge in [-0.05, 0) is 67.4 Å². The number of ether oxygens (including phenoxy) is 2. The molecule has 0 unspecified atom stereocenters. The van der Waals surface area contributed by atoms with E-state index in [1.54, 1.807) is 48.7 Å². The minimum atomic E-state index is -0.344. The number of amides is 1. The van der Waals surface area contributed by atoms with Crippen molar-refractivity contribution in [3.63, 3.8) is 0 Å². The topological polar surface area (TPSA) is 80.7 Å². The summed E-state index contributed by atoms with van der Waals surface area (Å²) in [7, 11) is 0. The van der Waals surface area contributed by atoms with Gasteiger partial charge in [-0.1, -0.05) is 6.07 Å². The maximum atomic E-state index is 12.3. The number of pyridine rings is 1. The molecule has 0 bridgehead atoms. The fourth-order valence-electron chi connectivity index (χ4n) is 2.62. The van der Waals surface area contributed by atoms with Gasteiger partial charge in [0.05, 0.1) is 12.2 Å². The predicted molar refractivity (Wildman–Crippen MR) is 106 cm³/mol. The zero-order valence-electron chi connectivity index (χ0n) is 15.8. The number of aromatic nitrogens is 1. The summed E-state index contributed by atoms with van der Waals surface area (Å²) in [6.07, 6.45) is 1.62. The Hall–Kier alpha value is -3.54. The molecular weight excluding hydrogens is 356 g/mol. The zero-order chi connectivity index (χ0) is 19.9. The van der Waals surface area contributed by atoms with Crippen molar-refractivity contribution in [1.82, 2.24) is 10.3 Å².